The van der Waals surface area contributed by atoms with Crippen LogP contribution in [0.1, 0.15) is 17.3 Å². The molecule has 0 bridgehead atoms. The number of aromatic nitrogens is 1. The van der Waals surface area contributed by atoms with Crippen molar-refractivity contribution >= 4 is 35.1 Å². The van der Waals surface area contributed by atoms with E-state index in [2.05, 4.69) is 15.0 Å². The molecule has 2 heterocycles. The predicted molar refractivity (Wildman–Crippen MR) is 99.7 cm³/mol. The van der Waals surface area contributed by atoms with Gasteiger partial charge < -0.3 is 24.9 Å². The van der Waals surface area contributed by atoms with Gasteiger partial charge in [0, 0.05) is 6.07 Å². The third-order valence-corrected chi connectivity index (χ3v) is 4.09. The topological polar surface area (TPSA) is 141 Å². The quantitative estimate of drug-likeness (QED) is 0.452. The highest BCUT2D eigenvalue weighted by atomic mass is 16.6. The monoisotopic (exact) mass is 400 g/mol. The van der Waals surface area contributed by atoms with Crippen LogP contribution in [-0.4, -0.2) is 47.4 Å². The lowest BCUT2D eigenvalue weighted by Gasteiger charge is -2.28. The minimum atomic E-state index is -0.902. The maximum absolute atomic E-state index is 12.6. The Bertz CT molecular complexity index is 1010. The molecule has 1 N–H and O–H groups in total. The van der Waals surface area contributed by atoms with Crippen molar-refractivity contribution in [1.29, 1.82) is 0 Å². The smallest absolute Gasteiger partial charge is 0.366 e. The molecule has 1 aromatic carbocycles. The molecular formula is C18H16N4O7. The second-order valence-corrected chi connectivity index (χ2v) is 6.02. The molecule has 1 aliphatic rings. The van der Waals surface area contributed by atoms with Gasteiger partial charge in [-0.3, -0.25) is 14.5 Å². The van der Waals surface area contributed by atoms with Crippen molar-refractivity contribution < 1.29 is 28.8 Å². The van der Waals surface area contributed by atoms with E-state index in [1.54, 1.807) is 12.1 Å². The highest BCUT2D eigenvalue weighted by molar-refractivity contribution is 6.07. The van der Waals surface area contributed by atoms with Crippen LogP contribution < -0.4 is 15.0 Å². The number of fused-ring (bicyclic) bond motifs is 1. The van der Waals surface area contributed by atoms with Crippen molar-refractivity contribution in [3.8, 4) is 5.75 Å². The molecule has 11 nitrogen and oxygen atoms in total. The number of hydrogen-bond acceptors (Lipinski definition) is 8. The summed E-state index contributed by atoms with van der Waals surface area (Å²) in [5.41, 5.74) is 0.338. The predicted octanol–water partition coefficient (Wildman–Crippen LogP) is 1.53. The van der Waals surface area contributed by atoms with Gasteiger partial charge in [0.15, 0.2) is 11.9 Å². The van der Waals surface area contributed by atoms with Crippen LogP contribution in [0.3, 0.4) is 0 Å². The Kier molecular flexibility index (Phi) is 5.39. The lowest BCUT2D eigenvalue weighted by Crippen LogP contribution is -2.48. The molecule has 1 atom stereocenters. The van der Waals surface area contributed by atoms with Gasteiger partial charge in [-0.25, -0.2) is 4.79 Å². The average molecular weight is 400 g/mol. The summed E-state index contributed by atoms with van der Waals surface area (Å²) < 4.78 is 10.1. The number of pyridine rings is 1. The van der Waals surface area contributed by atoms with Crippen molar-refractivity contribution in [3.05, 3.63) is 52.1 Å². The van der Waals surface area contributed by atoms with E-state index in [1.165, 1.54) is 32.2 Å². The van der Waals surface area contributed by atoms with Crippen LogP contribution in [-0.2, 0) is 14.3 Å². The molecular weight excluding hydrogens is 384 g/mol. The number of nitro groups is 1. The summed E-state index contributed by atoms with van der Waals surface area (Å²) in [6.45, 7) is 1.01. The number of hydrogen-bond donors (Lipinski definition) is 1. The van der Waals surface area contributed by atoms with Crippen LogP contribution in [0.2, 0.25) is 0 Å². The zero-order valence-corrected chi connectivity index (χ0v) is 15.4. The van der Waals surface area contributed by atoms with Gasteiger partial charge in [-0.15, -0.1) is 0 Å². The van der Waals surface area contributed by atoms with Crippen LogP contribution in [0.15, 0.2) is 36.4 Å². The summed E-state index contributed by atoms with van der Waals surface area (Å²) in [5.74, 6) is -2.33. The normalized spacial score (nSPS) is 15.2. The highest BCUT2D eigenvalue weighted by Crippen LogP contribution is 2.33. The number of carbonyl (C=O) groups excluding carboxylic acids is 3. The second kappa shape index (κ2) is 7.92. The molecule has 0 aliphatic carbocycles. The molecule has 1 aromatic heterocycles. The molecule has 0 saturated heterocycles. The minimum Gasteiger partial charge on any atom is -0.475 e. The largest absolute Gasteiger partial charge is 0.475 e. The molecule has 11 heteroatoms. The number of nitrogens with zero attached hydrogens (tertiary/aromatic N) is 3. The molecule has 1 aliphatic heterocycles. The Balaban J connectivity index is 1.87. The fraction of sp³-hybridized carbons (Fsp3) is 0.222. The van der Waals surface area contributed by atoms with Crippen molar-refractivity contribution in [2.45, 2.75) is 13.0 Å². The number of esters is 1. The van der Waals surface area contributed by atoms with E-state index >= 15 is 0 Å². The highest BCUT2D eigenvalue weighted by Gasteiger charge is 2.38. The van der Waals surface area contributed by atoms with Crippen LogP contribution in [0, 0.1) is 10.1 Å². The molecule has 3 rings (SSSR count). The van der Waals surface area contributed by atoms with Crippen molar-refractivity contribution in [2.75, 3.05) is 23.9 Å². The maximum atomic E-state index is 12.6. The second-order valence-electron chi connectivity index (χ2n) is 6.02. The van der Waals surface area contributed by atoms with Gasteiger partial charge in [0.1, 0.15) is 6.54 Å². The van der Waals surface area contributed by atoms with Gasteiger partial charge in [-0.05, 0) is 35.0 Å². The van der Waals surface area contributed by atoms with E-state index in [4.69, 9.17) is 4.74 Å². The number of para-hydroxylation sites is 1. The minimum absolute atomic E-state index is 0.126. The number of ether oxygens (including phenoxy) is 2. The first kappa shape index (κ1) is 19.7. The van der Waals surface area contributed by atoms with E-state index < -0.39 is 41.2 Å². The number of rotatable bonds is 5. The maximum Gasteiger partial charge on any atom is 0.366 e. The van der Waals surface area contributed by atoms with Crippen LogP contribution in [0.4, 0.5) is 17.3 Å². The summed E-state index contributed by atoms with van der Waals surface area (Å²) in [5, 5.41) is 13.5. The van der Waals surface area contributed by atoms with Crippen molar-refractivity contribution in [3.63, 3.8) is 0 Å². The molecule has 150 valence electrons. The molecule has 0 fully saturated rings. The van der Waals surface area contributed by atoms with E-state index in [9.17, 15) is 24.5 Å². The molecule has 0 saturated carbocycles. The molecule has 2 amide bonds. The Morgan fingerprint density at radius 3 is 2.72 bits per heavy atom. The zero-order valence-electron chi connectivity index (χ0n) is 15.4. The van der Waals surface area contributed by atoms with Gasteiger partial charge in [-0.1, -0.05) is 12.1 Å². The molecule has 1 unspecified atom stereocenters. The van der Waals surface area contributed by atoms with Crippen LogP contribution >= 0.6 is 0 Å². The molecule has 29 heavy (non-hydrogen) atoms. The van der Waals surface area contributed by atoms with E-state index in [0.717, 1.165) is 11.0 Å². The van der Waals surface area contributed by atoms with Crippen molar-refractivity contribution in [1.82, 2.24) is 4.98 Å². The number of nitrogens with one attached hydrogen (secondary N) is 1. The van der Waals surface area contributed by atoms with Crippen LogP contribution in [0.5, 0.6) is 5.75 Å². The number of methoxy groups -OCH3 is 1. The first-order valence-electron chi connectivity index (χ1n) is 8.42. The average Bonchev–Trinajstić information content (AvgIpc) is 2.70. The van der Waals surface area contributed by atoms with E-state index in [0.29, 0.717) is 0 Å². The van der Waals surface area contributed by atoms with Crippen LogP contribution in [0.25, 0.3) is 0 Å². The Morgan fingerprint density at radius 2 is 2.03 bits per heavy atom. The summed E-state index contributed by atoms with van der Waals surface area (Å²) >= 11 is 0. The Hall–Kier alpha value is -4.02. The lowest BCUT2D eigenvalue weighted by atomic mass is 10.1. The Morgan fingerprint density at radius 1 is 1.31 bits per heavy atom. The fourth-order valence-electron chi connectivity index (χ4n) is 2.74. The summed E-state index contributed by atoms with van der Waals surface area (Å²) in [7, 11) is 1.21. The summed E-state index contributed by atoms with van der Waals surface area (Å²) in [6.07, 6.45) is -0.902. The number of amides is 2. The van der Waals surface area contributed by atoms with E-state index in [-0.39, 0.29) is 22.8 Å². The van der Waals surface area contributed by atoms with Crippen molar-refractivity contribution in [2.24, 2.45) is 0 Å². The van der Waals surface area contributed by atoms with Gasteiger partial charge in [-0.2, -0.15) is 0 Å². The number of carbonyl (C=O) groups is 3. The first-order valence-corrected chi connectivity index (χ1v) is 8.42. The molecule has 2 aromatic rings. The fourth-order valence-corrected chi connectivity index (χ4v) is 2.74. The van der Waals surface area contributed by atoms with Gasteiger partial charge in [0.2, 0.25) is 5.91 Å². The number of anilines is 2. The van der Waals surface area contributed by atoms with E-state index in [1.807, 2.05) is 0 Å². The lowest BCUT2D eigenvalue weighted by molar-refractivity contribution is -0.389. The van der Waals surface area contributed by atoms with Gasteiger partial charge in [0.05, 0.1) is 18.4 Å². The molecule has 0 spiro atoms. The number of benzene rings is 1. The van der Waals surface area contributed by atoms with Gasteiger partial charge >= 0.3 is 11.8 Å². The first-order chi connectivity index (χ1) is 13.8. The standard InChI is InChI=1S/C18H16N4O7/c1-10-17(24)21(16-13(29-10)7-8-14(20-16)22(26)27)9-15(23)19-12-6-4-3-5-11(12)18(25)28-2/h3-8,10H,9H2,1-2H3,(H,19,23). The van der Waals surface area contributed by atoms with Gasteiger partial charge in [0.25, 0.3) is 11.7 Å². The third-order valence-electron chi connectivity index (χ3n) is 4.09. The summed E-state index contributed by atoms with van der Waals surface area (Å²) in [4.78, 5) is 52.0. The zero-order chi connectivity index (χ0) is 21.1. The summed E-state index contributed by atoms with van der Waals surface area (Å²) in [6, 6.07) is 8.67. The SMILES string of the molecule is COC(=O)c1ccccc1NC(=O)CN1C(=O)C(C)Oc2ccc([N+](=O)[O-])nc21. The Labute approximate surface area is 164 Å². The molecule has 0 radical (unpaired) electrons. The third kappa shape index (κ3) is 3.98.